The Morgan fingerprint density at radius 2 is 1.51 bits per heavy atom. The standard InChI is InChI=1S/C29H34F7N3O4.2ClH/c1-41-18-24-17-38(9-10-43-24)6-5-37-7-8-39(23(16-37)11-19-3-4-25(30)26(12-19)42-2)27(40)20-13-21(28(31,32)33)15-22(14-20)29(34,35)36;;/h3-4,12-15,23-24H,5-11,16-18H2,1-2H3;2*1H/t23-,24+;;/m1../s1. The minimum Gasteiger partial charge on any atom is -0.494 e. The molecule has 0 unspecified atom stereocenters. The van der Waals surface area contributed by atoms with E-state index in [1.807, 2.05) is 0 Å². The van der Waals surface area contributed by atoms with Crippen molar-refractivity contribution in [3.63, 3.8) is 0 Å². The van der Waals surface area contributed by atoms with Crippen LogP contribution in [0.15, 0.2) is 36.4 Å². The summed E-state index contributed by atoms with van der Waals surface area (Å²) in [6, 6.07) is 4.47. The van der Waals surface area contributed by atoms with Crippen LogP contribution in [0.4, 0.5) is 30.7 Å². The zero-order valence-corrected chi connectivity index (χ0v) is 26.3. The summed E-state index contributed by atoms with van der Waals surface area (Å²) in [4.78, 5) is 19.2. The Labute approximate surface area is 269 Å². The predicted octanol–water partition coefficient (Wildman–Crippen LogP) is 5.43. The van der Waals surface area contributed by atoms with Crippen molar-refractivity contribution < 1.29 is 49.7 Å². The van der Waals surface area contributed by atoms with Crippen LogP contribution in [-0.2, 0) is 28.2 Å². The highest BCUT2D eigenvalue weighted by Crippen LogP contribution is 2.37. The molecule has 2 heterocycles. The van der Waals surface area contributed by atoms with Crippen molar-refractivity contribution in [2.24, 2.45) is 0 Å². The van der Waals surface area contributed by atoms with Gasteiger partial charge in [0.05, 0.1) is 37.6 Å². The van der Waals surface area contributed by atoms with Gasteiger partial charge in [-0.1, -0.05) is 6.07 Å². The lowest BCUT2D eigenvalue weighted by Crippen LogP contribution is -2.57. The largest absolute Gasteiger partial charge is 0.494 e. The lowest BCUT2D eigenvalue weighted by Gasteiger charge is -2.43. The molecule has 0 aliphatic carbocycles. The summed E-state index contributed by atoms with van der Waals surface area (Å²) in [5.41, 5.74) is -3.21. The number of methoxy groups -OCH3 is 2. The second kappa shape index (κ2) is 16.5. The normalized spacial score (nSPS) is 19.9. The average Bonchev–Trinajstić information content (AvgIpc) is 2.96. The van der Waals surface area contributed by atoms with Crippen LogP contribution in [0.25, 0.3) is 0 Å². The molecule has 0 spiro atoms. The number of nitrogens with zero attached hydrogens (tertiary/aromatic N) is 3. The van der Waals surface area contributed by atoms with Crippen molar-refractivity contribution >= 4 is 30.7 Å². The third kappa shape index (κ3) is 10.3. The van der Waals surface area contributed by atoms with E-state index in [4.69, 9.17) is 14.2 Å². The van der Waals surface area contributed by atoms with E-state index in [2.05, 4.69) is 9.80 Å². The van der Waals surface area contributed by atoms with Gasteiger partial charge >= 0.3 is 12.4 Å². The van der Waals surface area contributed by atoms with Crippen LogP contribution in [0.3, 0.4) is 0 Å². The molecule has 2 aliphatic heterocycles. The minimum absolute atomic E-state index is 0. The van der Waals surface area contributed by atoms with Crippen LogP contribution < -0.4 is 4.74 Å². The third-order valence-corrected chi connectivity index (χ3v) is 7.66. The molecule has 16 heteroatoms. The van der Waals surface area contributed by atoms with Crippen molar-refractivity contribution in [3.8, 4) is 5.75 Å². The maximum absolute atomic E-state index is 14.1. The second-order valence-corrected chi connectivity index (χ2v) is 10.7. The van der Waals surface area contributed by atoms with Crippen molar-refractivity contribution in [1.29, 1.82) is 0 Å². The number of amides is 1. The molecule has 2 atom stereocenters. The summed E-state index contributed by atoms with van der Waals surface area (Å²) in [5, 5.41) is 0. The first-order valence-corrected chi connectivity index (χ1v) is 13.8. The molecule has 1 amide bonds. The van der Waals surface area contributed by atoms with Gasteiger partial charge < -0.3 is 19.1 Å². The van der Waals surface area contributed by atoms with Crippen LogP contribution in [0.2, 0.25) is 0 Å². The Morgan fingerprint density at radius 1 is 0.889 bits per heavy atom. The molecule has 4 rings (SSSR count). The Morgan fingerprint density at radius 3 is 2.09 bits per heavy atom. The van der Waals surface area contributed by atoms with E-state index < -0.39 is 46.8 Å². The average molecular weight is 695 g/mol. The maximum Gasteiger partial charge on any atom is 0.416 e. The van der Waals surface area contributed by atoms with E-state index >= 15 is 0 Å². The van der Waals surface area contributed by atoms with Crippen LogP contribution >= 0.6 is 24.8 Å². The Balaban J connectivity index is 0.00000353. The van der Waals surface area contributed by atoms with E-state index in [1.54, 1.807) is 7.11 Å². The Hall–Kier alpha value is -2.36. The monoisotopic (exact) mass is 693 g/mol. The van der Waals surface area contributed by atoms with E-state index in [1.165, 1.54) is 30.2 Å². The van der Waals surface area contributed by atoms with Gasteiger partial charge in [0, 0.05) is 64.5 Å². The maximum atomic E-state index is 14.1. The fourth-order valence-corrected chi connectivity index (χ4v) is 5.47. The van der Waals surface area contributed by atoms with Gasteiger partial charge in [0.2, 0.25) is 0 Å². The van der Waals surface area contributed by atoms with Crippen molar-refractivity contribution in [1.82, 2.24) is 14.7 Å². The molecule has 2 aromatic carbocycles. The highest BCUT2D eigenvalue weighted by atomic mass is 35.5. The predicted molar refractivity (Wildman–Crippen MR) is 157 cm³/mol. The number of benzene rings is 2. The van der Waals surface area contributed by atoms with Gasteiger partial charge in [-0.25, -0.2) is 4.39 Å². The molecule has 254 valence electrons. The van der Waals surface area contributed by atoms with Gasteiger partial charge in [-0.15, -0.1) is 24.8 Å². The molecular formula is C29H36Cl2F7N3O4. The molecule has 0 N–H and O–H groups in total. The van der Waals surface area contributed by atoms with Crippen LogP contribution in [0, 0.1) is 5.82 Å². The quantitative estimate of drug-likeness (QED) is 0.327. The highest BCUT2D eigenvalue weighted by molar-refractivity contribution is 5.95. The molecule has 0 bridgehead atoms. The van der Waals surface area contributed by atoms with Crippen LogP contribution in [-0.4, -0.2) is 106 Å². The molecule has 2 aliphatic rings. The fourth-order valence-electron chi connectivity index (χ4n) is 5.47. The molecule has 45 heavy (non-hydrogen) atoms. The SMILES string of the molecule is COC[C@@H]1CN(CCN2CCN(C(=O)c3cc(C(F)(F)F)cc(C(F)(F)F)c3)[C@H](Cc3ccc(F)c(OC)c3)C2)CCO1.Cl.Cl. The molecule has 7 nitrogen and oxygen atoms in total. The molecule has 0 aromatic heterocycles. The number of morpholine rings is 1. The molecular weight excluding hydrogens is 658 g/mol. The number of hydrogen-bond donors (Lipinski definition) is 0. The van der Waals surface area contributed by atoms with Crippen molar-refractivity contribution in [3.05, 3.63) is 64.5 Å². The van der Waals surface area contributed by atoms with E-state index in [-0.39, 0.29) is 55.7 Å². The Bertz CT molecular complexity index is 1240. The lowest BCUT2D eigenvalue weighted by atomic mass is 9.99. The summed E-state index contributed by atoms with van der Waals surface area (Å²) in [6.07, 6.45) is -10.0. The molecule has 0 saturated carbocycles. The first kappa shape index (κ1) is 38.8. The van der Waals surface area contributed by atoms with Gasteiger partial charge in [0.25, 0.3) is 5.91 Å². The summed E-state index contributed by atoms with van der Waals surface area (Å²) >= 11 is 0. The van der Waals surface area contributed by atoms with E-state index in [0.29, 0.717) is 63.6 Å². The number of halogens is 9. The van der Waals surface area contributed by atoms with Gasteiger partial charge in [-0.2, -0.15) is 26.3 Å². The third-order valence-electron chi connectivity index (χ3n) is 7.66. The zero-order valence-electron chi connectivity index (χ0n) is 24.6. The minimum atomic E-state index is -5.08. The molecule has 2 saturated heterocycles. The number of rotatable bonds is 9. The Kier molecular flexibility index (Phi) is 14.2. The van der Waals surface area contributed by atoms with Gasteiger partial charge in [0.15, 0.2) is 11.6 Å². The van der Waals surface area contributed by atoms with Crippen molar-refractivity contribution in [2.45, 2.75) is 30.9 Å². The number of carbonyl (C=O) groups is 1. The summed E-state index contributed by atoms with van der Waals surface area (Å²) in [7, 11) is 2.90. The van der Waals surface area contributed by atoms with Crippen LogP contribution in [0.1, 0.15) is 27.0 Å². The highest BCUT2D eigenvalue weighted by Gasteiger charge is 2.39. The van der Waals surface area contributed by atoms with Crippen molar-refractivity contribution in [2.75, 3.05) is 73.2 Å². The van der Waals surface area contributed by atoms with Gasteiger partial charge in [-0.3, -0.25) is 14.6 Å². The molecule has 0 radical (unpaired) electrons. The number of hydrogen-bond acceptors (Lipinski definition) is 6. The number of carbonyl (C=O) groups excluding carboxylic acids is 1. The number of alkyl halides is 6. The summed E-state index contributed by atoms with van der Waals surface area (Å²) in [6.45, 7) is 4.50. The fraction of sp³-hybridized carbons (Fsp3) is 0.552. The number of piperazine rings is 1. The second-order valence-electron chi connectivity index (χ2n) is 10.7. The first-order valence-electron chi connectivity index (χ1n) is 13.8. The topological polar surface area (TPSA) is 54.5 Å². The summed E-state index contributed by atoms with van der Waals surface area (Å²) in [5.74, 6) is -1.55. The van der Waals surface area contributed by atoms with E-state index in [9.17, 15) is 35.5 Å². The zero-order chi connectivity index (χ0) is 31.4. The van der Waals surface area contributed by atoms with Crippen LogP contribution in [0.5, 0.6) is 5.75 Å². The molecule has 2 fully saturated rings. The summed E-state index contributed by atoms with van der Waals surface area (Å²) < 4.78 is 111. The number of ether oxygens (including phenoxy) is 3. The van der Waals surface area contributed by atoms with Gasteiger partial charge in [-0.05, 0) is 42.3 Å². The first-order chi connectivity index (χ1) is 20.3. The molecule has 2 aromatic rings. The lowest BCUT2D eigenvalue weighted by molar-refractivity contribution is -0.143. The van der Waals surface area contributed by atoms with Gasteiger partial charge in [0.1, 0.15) is 0 Å². The van der Waals surface area contributed by atoms with E-state index in [0.717, 1.165) is 6.54 Å². The smallest absolute Gasteiger partial charge is 0.416 e.